The van der Waals surface area contributed by atoms with E-state index in [1.54, 1.807) is 0 Å². The summed E-state index contributed by atoms with van der Waals surface area (Å²) in [6.07, 6.45) is 1.87. The lowest BCUT2D eigenvalue weighted by Gasteiger charge is -2.15. The quantitative estimate of drug-likeness (QED) is 0.440. The van der Waals surface area contributed by atoms with Gasteiger partial charge in [0.1, 0.15) is 6.04 Å². The standard InChI is InChI=1S/C12H23N3O2/c1-5-13-12(17)11(8-9(2)3)15-7-6-14-10(4)16/h8,11,15H,5-7H2,1-4H3,(H,13,17)(H,14,16). The van der Waals surface area contributed by atoms with Crippen molar-refractivity contribution in [3.63, 3.8) is 0 Å². The van der Waals surface area contributed by atoms with Crippen molar-refractivity contribution in [2.45, 2.75) is 33.7 Å². The fourth-order valence-corrected chi connectivity index (χ4v) is 1.31. The number of carbonyl (C=O) groups excluding carboxylic acids is 2. The van der Waals surface area contributed by atoms with Crippen LogP contribution < -0.4 is 16.0 Å². The van der Waals surface area contributed by atoms with Crippen LogP contribution in [-0.4, -0.2) is 37.5 Å². The van der Waals surface area contributed by atoms with Crippen molar-refractivity contribution in [2.24, 2.45) is 0 Å². The average molecular weight is 241 g/mol. The molecule has 0 rings (SSSR count). The molecule has 1 atom stereocenters. The number of carbonyl (C=O) groups is 2. The Hall–Kier alpha value is -1.36. The minimum absolute atomic E-state index is 0.0449. The van der Waals surface area contributed by atoms with E-state index < -0.39 is 0 Å². The van der Waals surface area contributed by atoms with E-state index in [-0.39, 0.29) is 17.9 Å². The molecule has 98 valence electrons. The van der Waals surface area contributed by atoms with Gasteiger partial charge in [0, 0.05) is 26.6 Å². The molecule has 17 heavy (non-hydrogen) atoms. The molecule has 0 aliphatic carbocycles. The van der Waals surface area contributed by atoms with Gasteiger partial charge in [-0.3, -0.25) is 9.59 Å². The second-order valence-electron chi connectivity index (χ2n) is 4.05. The number of nitrogens with one attached hydrogen (secondary N) is 3. The molecule has 1 unspecified atom stereocenters. The summed E-state index contributed by atoms with van der Waals surface area (Å²) in [6.45, 7) is 8.93. The van der Waals surface area contributed by atoms with E-state index >= 15 is 0 Å². The molecule has 0 aromatic heterocycles. The van der Waals surface area contributed by atoms with Gasteiger partial charge in [0.25, 0.3) is 0 Å². The molecule has 2 amide bonds. The van der Waals surface area contributed by atoms with Gasteiger partial charge in [-0.25, -0.2) is 0 Å². The number of rotatable bonds is 7. The third-order valence-electron chi connectivity index (χ3n) is 2.00. The molecule has 5 heteroatoms. The second kappa shape index (κ2) is 8.75. The summed E-state index contributed by atoms with van der Waals surface area (Å²) < 4.78 is 0. The zero-order valence-corrected chi connectivity index (χ0v) is 11.1. The Morgan fingerprint density at radius 1 is 1.12 bits per heavy atom. The summed E-state index contributed by atoms with van der Waals surface area (Å²) in [5.74, 6) is -0.111. The summed E-state index contributed by atoms with van der Waals surface area (Å²) in [4.78, 5) is 22.4. The molecule has 0 aromatic carbocycles. The highest BCUT2D eigenvalue weighted by Crippen LogP contribution is 1.95. The SMILES string of the molecule is CCNC(=O)C(C=C(C)C)NCCNC(C)=O. The van der Waals surface area contributed by atoms with Gasteiger partial charge in [0.15, 0.2) is 0 Å². The van der Waals surface area contributed by atoms with E-state index in [0.29, 0.717) is 19.6 Å². The van der Waals surface area contributed by atoms with Crippen LogP contribution in [0.1, 0.15) is 27.7 Å². The summed E-state index contributed by atoms with van der Waals surface area (Å²) >= 11 is 0. The lowest BCUT2D eigenvalue weighted by Crippen LogP contribution is -2.45. The zero-order chi connectivity index (χ0) is 13.3. The number of likely N-dealkylation sites (N-methyl/N-ethyl adjacent to an activating group) is 1. The van der Waals surface area contributed by atoms with Crippen molar-refractivity contribution in [2.75, 3.05) is 19.6 Å². The molecule has 0 fully saturated rings. The maximum Gasteiger partial charge on any atom is 0.241 e. The highest BCUT2D eigenvalue weighted by molar-refractivity contribution is 5.83. The Labute approximate surface area is 103 Å². The zero-order valence-electron chi connectivity index (χ0n) is 11.1. The number of allylic oxidation sites excluding steroid dienone is 1. The van der Waals surface area contributed by atoms with Crippen molar-refractivity contribution in [1.82, 2.24) is 16.0 Å². The van der Waals surface area contributed by atoms with Crippen LogP contribution >= 0.6 is 0 Å². The molecule has 5 nitrogen and oxygen atoms in total. The maximum absolute atomic E-state index is 11.7. The predicted octanol–water partition coefficient (Wildman–Crippen LogP) is 0.183. The van der Waals surface area contributed by atoms with E-state index in [0.717, 1.165) is 5.57 Å². The molecule has 0 saturated heterocycles. The van der Waals surface area contributed by atoms with Gasteiger partial charge in [-0.05, 0) is 20.8 Å². The normalized spacial score (nSPS) is 11.5. The van der Waals surface area contributed by atoms with Crippen LogP contribution in [0, 0.1) is 0 Å². The predicted molar refractivity (Wildman–Crippen MR) is 68.6 cm³/mol. The minimum atomic E-state index is -0.339. The molecule has 0 saturated carbocycles. The van der Waals surface area contributed by atoms with Crippen molar-refractivity contribution < 1.29 is 9.59 Å². The first-order valence-electron chi connectivity index (χ1n) is 5.88. The number of amides is 2. The molecule has 0 aromatic rings. The van der Waals surface area contributed by atoms with Gasteiger partial charge in [-0.1, -0.05) is 11.6 Å². The summed E-state index contributed by atoms with van der Waals surface area (Å²) in [7, 11) is 0. The smallest absolute Gasteiger partial charge is 0.241 e. The van der Waals surface area contributed by atoms with Gasteiger partial charge < -0.3 is 16.0 Å². The van der Waals surface area contributed by atoms with Gasteiger partial charge in [0.2, 0.25) is 11.8 Å². The van der Waals surface area contributed by atoms with Crippen LogP contribution in [0.5, 0.6) is 0 Å². The van der Waals surface area contributed by atoms with E-state index in [1.807, 2.05) is 26.8 Å². The molecule has 0 aliphatic rings. The fourth-order valence-electron chi connectivity index (χ4n) is 1.31. The van der Waals surface area contributed by atoms with Crippen LogP contribution in [0.3, 0.4) is 0 Å². The summed E-state index contributed by atoms with van der Waals surface area (Å²) in [6, 6.07) is -0.339. The maximum atomic E-state index is 11.7. The highest BCUT2D eigenvalue weighted by Gasteiger charge is 2.13. The first-order chi connectivity index (χ1) is 7.97. The van der Waals surface area contributed by atoms with Crippen molar-refractivity contribution >= 4 is 11.8 Å². The Bertz CT molecular complexity index is 283. The first-order valence-corrected chi connectivity index (χ1v) is 5.88. The molecule has 3 N–H and O–H groups in total. The third kappa shape index (κ3) is 8.45. The van der Waals surface area contributed by atoms with Gasteiger partial charge in [-0.2, -0.15) is 0 Å². The van der Waals surface area contributed by atoms with E-state index in [1.165, 1.54) is 6.92 Å². The lowest BCUT2D eigenvalue weighted by molar-refractivity contribution is -0.121. The van der Waals surface area contributed by atoms with E-state index in [9.17, 15) is 9.59 Å². The Kier molecular flexibility index (Phi) is 8.05. The summed E-state index contributed by atoms with van der Waals surface area (Å²) in [5.41, 5.74) is 1.08. The molecule has 0 spiro atoms. The van der Waals surface area contributed by atoms with Crippen LogP contribution in [-0.2, 0) is 9.59 Å². The molecule has 0 heterocycles. The van der Waals surface area contributed by atoms with E-state index in [4.69, 9.17) is 0 Å². The van der Waals surface area contributed by atoms with Gasteiger partial charge in [0.05, 0.1) is 0 Å². The Morgan fingerprint density at radius 2 is 1.76 bits per heavy atom. The van der Waals surface area contributed by atoms with Crippen molar-refractivity contribution in [3.8, 4) is 0 Å². The monoisotopic (exact) mass is 241 g/mol. The average Bonchev–Trinajstić information content (AvgIpc) is 2.22. The van der Waals surface area contributed by atoms with Crippen LogP contribution in [0.4, 0.5) is 0 Å². The number of hydrogen-bond acceptors (Lipinski definition) is 3. The fraction of sp³-hybridized carbons (Fsp3) is 0.667. The van der Waals surface area contributed by atoms with Gasteiger partial charge in [-0.15, -0.1) is 0 Å². The Balaban J connectivity index is 4.16. The van der Waals surface area contributed by atoms with Crippen LogP contribution in [0.15, 0.2) is 11.6 Å². The second-order valence-corrected chi connectivity index (χ2v) is 4.05. The third-order valence-corrected chi connectivity index (χ3v) is 2.00. The number of hydrogen-bond donors (Lipinski definition) is 3. The lowest BCUT2D eigenvalue weighted by atomic mass is 10.2. The van der Waals surface area contributed by atoms with Gasteiger partial charge >= 0.3 is 0 Å². The highest BCUT2D eigenvalue weighted by atomic mass is 16.2. The topological polar surface area (TPSA) is 70.2 Å². The van der Waals surface area contributed by atoms with Crippen molar-refractivity contribution in [1.29, 1.82) is 0 Å². The molecular weight excluding hydrogens is 218 g/mol. The molecule has 0 bridgehead atoms. The molecule has 0 aliphatic heterocycles. The minimum Gasteiger partial charge on any atom is -0.355 e. The molecule has 0 radical (unpaired) electrons. The summed E-state index contributed by atoms with van der Waals surface area (Å²) in [5, 5.41) is 8.53. The van der Waals surface area contributed by atoms with E-state index in [2.05, 4.69) is 16.0 Å². The first kappa shape index (κ1) is 15.6. The van der Waals surface area contributed by atoms with Crippen LogP contribution in [0.25, 0.3) is 0 Å². The largest absolute Gasteiger partial charge is 0.355 e. The van der Waals surface area contributed by atoms with Crippen LogP contribution in [0.2, 0.25) is 0 Å². The molecular formula is C12H23N3O2. The Morgan fingerprint density at radius 3 is 2.24 bits per heavy atom. The van der Waals surface area contributed by atoms with Crippen molar-refractivity contribution in [3.05, 3.63) is 11.6 Å².